The van der Waals surface area contributed by atoms with Crippen molar-refractivity contribution in [3.63, 3.8) is 0 Å². The summed E-state index contributed by atoms with van der Waals surface area (Å²) in [6.45, 7) is -0.0724. The predicted octanol–water partition coefficient (Wildman–Crippen LogP) is 1.67. The molecule has 0 heterocycles. The van der Waals surface area contributed by atoms with Gasteiger partial charge in [-0.3, -0.25) is 9.59 Å². The van der Waals surface area contributed by atoms with Gasteiger partial charge in [0.05, 0.1) is 11.5 Å². The van der Waals surface area contributed by atoms with Crippen LogP contribution in [0.15, 0.2) is 59.5 Å². The number of primary sulfonamides is 1. The molecule has 0 radical (unpaired) electrons. The zero-order valence-electron chi connectivity index (χ0n) is 14.5. The SMILES string of the molecule is NS(=O)(=O)c1ccc(NC(=O)COC(=O)CCCOc2ccccc2)cc1. The van der Waals surface area contributed by atoms with Crippen molar-refractivity contribution in [2.75, 3.05) is 18.5 Å². The number of hydrogen-bond donors (Lipinski definition) is 2. The number of anilines is 1. The molecule has 0 aliphatic carbocycles. The fourth-order valence-corrected chi connectivity index (χ4v) is 2.58. The number of carbonyl (C=O) groups excluding carboxylic acids is 2. The molecule has 2 aromatic carbocycles. The van der Waals surface area contributed by atoms with E-state index in [-0.39, 0.29) is 11.3 Å². The summed E-state index contributed by atoms with van der Waals surface area (Å²) >= 11 is 0. The Morgan fingerprint density at radius 2 is 1.67 bits per heavy atom. The van der Waals surface area contributed by atoms with Crippen molar-refractivity contribution in [2.45, 2.75) is 17.7 Å². The third-order valence-electron chi connectivity index (χ3n) is 3.37. The molecule has 0 aromatic heterocycles. The maximum Gasteiger partial charge on any atom is 0.306 e. The molecule has 0 atom stereocenters. The molecule has 27 heavy (non-hydrogen) atoms. The molecule has 8 nitrogen and oxygen atoms in total. The Morgan fingerprint density at radius 3 is 2.30 bits per heavy atom. The molecule has 0 unspecified atom stereocenters. The van der Waals surface area contributed by atoms with E-state index in [2.05, 4.69) is 5.32 Å². The largest absolute Gasteiger partial charge is 0.494 e. The predicted molar refractivity (Wildman–Crippen MR) is 98.6 cm³/mol. The highest BCUT2D eigenvalue weighted by Gasteiger charge is 2.10. The van der Waals surface area contributed by atoms with Gasteiger partial charge in [0.15, 0.2) is 6.61 Å². The summed E-state index contributed by atoms with van der Waals surface area (Å²) in [4.78, 5) is 23.3. The normalized spacial score (nSPS) is 10.9. The smallest absolute Gasteiger partial charge is 0.306 e. The number of nitrogens with two attached hydrogens (primary N) is 1. The van der Waals surface area contributed by atoms with Crippen LogP contribution in [-0.4, -0.2) is 33.5 Å². The van der Waals surface area contributed by atoms with Crippen LogP contribution in [0.5, 0.6) is 5.75 Å². The van der Waals surface area contributed by atoms with Gasteiger partial charge in [0.1, 0.15) is 5.75 Å². The van der Waals surface area contributed by atoms with Crippen LogP contribution in [0.3, 0.4) is 0 Å². The molecule has 0 aliphatic heterocycles. The average molecular weight is 392 g/mol. The van der Waals surface area contributed by atoms with Crippen molar-refractivity contribution in [2.24, 2.45) is 5.14 Å². The van der Waals surface area contributed by atoms with Crippen LogP contribution < -0.4 is 15.2 Å². The maximum atomic E-state index is 11.8. The number of nitrogens with one attached hydrogen (secondary N) is 1. The van der Waals surface area contributed by atoms with E-state index in [0.717, 1.165) is 5.75 Å². The molecule has 0 saturated heterocycles. The van der Waals surface area contributed by atoms with Crippen LogP contribution in [0.25, 0.3) is 0 Å². The minimum absolute atomic E-state index is 0.0651. The van der Waals surface area contributed by atoms with E-state index in [1.54, 1.807) is 0 Å². The lowest BCUT2D eigenvalue weighted by Crippen LogP contribution is -2.21. The zero-order chi connectivity index (χ0) is 19.7. The van der Waals surface area contributed by atoms with Crippen molar-refractivity contribution in [1.82, 2.24) is 0 Å². The number of carbonyl (C=O) groups is 2. The molecule has 2 aromatic rings. The number of benzene rings is 2. The first-order valence-electron chi connectivity index (χ1n) is 8.11. The van der Waals surface area contributed by atoms with E-state index >= 15 is 0 Å². The second kappa shape index (κ2) is 9.70. The highest BCUT2D eigenvalue weighted by molar-refractivity contribution is 7.89. The van der Waals surface area contributed by atoms with Gasteiger partial charge in [0, 0.05) is 12.1 Å². The van der Waals surface area contributed by atoms with E-state index in [1.807, 2.05) is 30.3 Å². The third-order valence-corrected chi connectivity index (χ3v) is 4.30. The molecule has 2 rings (SSSR count). The number of sulfonamides is 1. The van der Waals surface area contributed by atoms with Gasteiger partial charge in [0.25, 0.3) is 5.91 Å². The molecule has 0 spiro atoms. The van der Waals surface area contributed by atoms with Crippen LogP contribution in [0.4, 0.5) is 5.69 Å². The van der Waals surface area contributed by atoms with Crippen LogP contribution in [-0.2, 0) is 24.3 Å². The Balaban J connectivity index is 1.65. The van der Waals surface area contributed by atoms with Gasteiger partial charge < -0.3 is 14.8 Å². The van der Waals surface area contributed by atoms with Crippen LogP contribution in [0.1, 0.15) is 12.8 Å². The fourth-order valence-electron chi connectivity index (χ4n) is 2.07. The topological polar surface area (TPSA) is 125 Å². The Bertz CT molecular complexity index is 866. The summed E-state index contributed by atoms with van der Waals surface area (Å²) in [5.74, 6) is -0.322. The molecule has 9 heteroatoms. The van der Waals surface area contributed by atoms with Crippen molar-refractivity contribution < 1.29 is 27.5 Å². The zero-order valence-corrected chi connectivity index (χ0v) is 15.3. The number of amides is 1. The van der Waals surface area contributed by atoms with Gasteiger partial charge in [-0.1, -0.05) is 18.2 Å². The van der Waals surface area contributed by atoms with Gasteiger partial charge in [-0.05, 0) is 42.8 Å². The molecule has 0 aliphatic rings. The van der Waals surface area contributed by atoms with E-state index in [0.29, 0.717) is 18.7 Å². The first kappa shape index (κ1) is 20.4. The van der Waals surface area contributed by atoms with Crippen LogP contribution >= 0.6 is 0 Å². The molecule has 3 N–H and O–H groups in total. The molecule has 0 bridgehead atoms. The quantitative estimate of drug-likeness (QED) is 0.494. The molecule has 1 amide bonds. The van der Waals surface area contributed by atoms with Crippen molar-refractivity contribution in [3.8, 4) is 5.75 Å². The second-order valence-electron chi connectivity index (χ2n) is 5.54. The summed E-state index contributed by atoms with van der Waals surface area (Å²) in [5, 5.41) is 7.48. The summed E-state index contributed by atoms with van der Waals surface area (Å²) < 4.78 is 32.7. The van der Waals surface area contributed by atoms with E-state index in [1.165, 1.54) is 24.3 Å². The van der Waals surface area contributed by atoms with Crippen molar-refractivity contribution >= 4 is 27.6 Å². The Labute approximate surface area is 157 Å². The Hall–Kier alpha value is -2.91. The first-order chi connectivity index (χ1) is 12.8. The van der Waals surface area contributed by atoms with Gasteiger partial charge in [-0.15, -0.1) is 0 Å². The van der Waals surface area contributed by atoms with Crippen molar-refractivity contribution in [1.29, 1.82) is 0 Å². The number of ether oxygens (including phenoxy) is 2. The Kier molecular flexibility index (Phi) is 7.33. The molecule has 144 valence electrons. The fraction of sp³-hybridized carbons (Fsp3) is 0.222. The third kappa shape index (κ3) is 7.47. The summed E-state index contributed by atoms with van der Waals surface area (Å²) in [7, 11) is -3.79. The minimum Gasteiger partial charge on any atom is -0.494 e. The molecular formula is C18H20N2O6S. The van der Waals surface area contributed by atoms with Gasteiger partial charge in [-0.25, -0.2) is 13.6 Å². The first-order valence-corrected chi connectivity index (χ1v) is 9.65. The van der Waals surface area contributed by atoms with Crippen LogP contribution in [0, 0.1) is 0 Å². The lowest BCUT2D eigenvalue weighted by atomic mass is 10.3. The number of rotatable bonds is 9. The molecular weight excluding hydrogens is 372 g/mol. The monoisotopic (exact) mass is 392 g/mol. The van der Waals surface area contributed by atoms with Crippen molar-refractivity contribution in [3.05, 3.63) is 54.6 Å². The second-order valence-corrected chi connectivity index (χ2v) is 7.10. The molecule has 0 fully saturated rings. The lowest BCUT2D eigenvalue weighted by Gasteiger charge is -2.08. The average Bonchev–Trinajstić information content (AvgIpc) is 2.64. The molecule has 0 saturated carbocycles. The number of esters is 1. The highest BCUT2D eigenvalue weighted by Crippen LogP contribution is 2.12. The number of para-hydroxylation sites is 1. The van der Waals surface area contributed by atoms with Crippen LogP contribution in [0.2, 0.25) is 0 Å². The maximum absolute atomic E-state index is 11.8. The van der Waals surface area contributed by atoms with E-state index in [9.17, 15) is 18.0 Å². The van der Waals surface area contributed by atoms with E-state index < -0.39 is 28.5 Å². The minimum atomic E-state index is -3.79. The number of hydrogen-bond acceptors (Lipinski definition) is 6. The Morgan fingerprint density at radius 1 is 1.00 bits per heavy atom. The van der Waals surface area contributed by atoms with E-state index in [4.69, 9.17) is 14.6 Å². The highest BCUT2D eigenvalue weighted by atomic mass is 32.2. The lowest BCUT2D eigenvalue weighted by molar-refractivity contribution is -0.147. The van der Waals surface area contributed by atoms with Gasteiger partial charge in [-0.2, -0.15) is 0 Å². The summed E-state index contributed by atoms with van der Waals surface area (Å²) in [6, 6.07) is 14.5. The summed E-state index contributed by atoms with van der Waals surface area (Å²) in [5.41, 5.74) is 0.361. The standard InChI is InChI=1S/C18H20N2O6S/c19-27(23,24)16-10-8-14(9-11-16)20-17(21)13-26-18(22)7-4-12-25-15-5-2-1-3-6-15/h1-3,5-6,8-11H,4,7,12-13H2,(H,20,21)(H2,19,23,24). The summed E-state index contributed by atoms with van der Waals surface area (Å²) in [6.07, 6.45) is 0.591. The van der Waals surface area contributed by atoms with Gasteiger partial charge >= 0.3 is 5.97 Å². The van der Waals surface area contributed by atoms with Gasteiger partial charge in [0.2, 0.25) is 10.0 Å².